The maximum atomic E-state index is 12.5. The van der Waals surface area contributed by atoms with Crippen LogP contribution in [0.2, 0.25) is 0 Å². The molecule has 0 aliphatic carbocycles. The van der Waals surface area contributed by atoms with Crippen LogP contribution >= 0.6 is 11.8 Å². The number of phenolic OH excluding ortho intramolecular Hbond substituents is 1. The van der Waals surface area contributed by atoms with Gasteiger partial charge in [0.25, 0.3) is 0 Å². The lowest BCUT2D eigenvalue weighted by Crippen LogP contribution is -2.12. The number of aromatic hydroxyl groups is 1. The van der Waals surface area contributed by atoms with Gasteiger partial charge in [-0.2, -0.15) is 0 Å². The van der Waals surface area contributed by atoms with Gasteiger partial charge in [-0.3, -0.25) is 0 Å². The molecule has 0 fully saturated rings. The van der Waals surface area contributed by atoms with E-state index < -0.39 is 5.97 Å². The second kappa shape index (κ2) is 9.41. The van der Waals surface area contributed by atoms with Gasteiger partial charge in [-0.15, -0.1) is 0 Å². The van der Waals surface area contributed by atoms with Gasteiger partial charge in [0.05, 0.1) is 31.4 Å². The first-order valence-corrected chi connectivity index (χ1v) is 9.88. The van der Waals surface area contributed by atoms with Crippen LogP contribution in [-0.2, 0) is 9.53 Å². The number of aliphatic hydroxyl groups excluding tert-OH is 1. The summed E-state index contributed by atoms with van der Waals surface area (Å²) in [5.74, 6) is 0.111. The summed E-state index contributed by atoms with van der Waals surface area (Å²) >= 11 is 1.14. The molecule has 3 rings (SSSR count). The molecule has 30 heavy (non-hydrogen) atoms. The molecule has 0 atom stereocenters. The van der Waals surface area contributed by atoms with Gasteiger partial charge in [0.2, 0.25) is 0 Å². The molecule has 1 aliphatic rings. The maximum Gasteiger partial charge on any atom is 0.344 e. The summed E-state index contributed by atoms with van der Waals surface area (Å²) in [7, 11) is 3.03. The van der Waals surface area contributed by atoms with Crippen molar-refractivity contribution in [3.8, 4) is 17.2 Å². The number of nitrogens with zero attached hydrogens (tertiary/aromatic N) is 1. The van der Waals surface area contributed by atoms with Gasteiger partial charge in [0.15, 0.2) is 11.5 Å². The Balaban J connectivity index is 2.01. The van der Waals surface area contributed by atoms with E-state index in [1.807, 2.05) is 0 Å². The van der Waals surface area contributed by atoms with Crippen molar-refractivity contribution in [1.29, 1.82) is 0 Å². The number of ether oxygens (including phenoxy) is 3. The van der Waals surface area contributed by atoms with Crippen LogP contribution in [0.3, 0.4) is 0 Å². The van der Waals surface area contributed by atoms with Gasteiger partial charge in [-0.1, -0.05) is 17.8 Å². The quantitative estimate of drug-likeness (QED) is 0.650. The smallest absolute Gasteiger partial charge is 0.344 e. The van der Waals surface area contributed by atoms with Crippen molar-refractivity contribution in [1.82, 2.24) is 0 Å². The Hall–Kier alpha value is -3.39. The highest BCUT2D eigenvalue weighted by Gasteiger charge is 2.33. The van der Waals surface area contributed by atoms with E-state index >= 15 is 0 Å². The molecule has 8 heteroatoms. The highest BCUT2D eigenvalue weighted by Crippen LogP contribution is 2.41. The average molecular weight is 427 g/mol. The van der Waals surface area contributed by atoms with Gasteiger partial charge in [0, 0.05) is 0 Å². The largest absolute Gasteiger partial charge is 0.506 e. The van der Waals surface area contributed by atoms with E-state index in [0.29, 0.717) is 32.7 Å². The fourth-order valence-electron chi connectivity index (χ4n) is 2.71. The molecule has 2 aromatic carbocycles. The fourth-order valence-corrected chi connectivity index (χ4v) is 3.75. The second-order valence-electron chi connectivity index (χ2n) is 6.10. The summed E-state index contributed by atoms with van der Waals surface area (Å²) < 4.78 is 15.3. The zero-order chi connectivity index (χ0) is 21.7. The summed E-state index contributed by atoms with van der Waals surface area (Å²) in [5, 5.41) is 21.0. The highest BCUT2D eigenvalue weighted by atomic mass is 32.2. The monoisotopic (exact) mass is 427 g/mol. The predicted octanol–water partition coefficient (Wildman–Crippen LogP) is 4.60. The van der Waals surface area contributed by atoms with Crippen molar-refractivity contribution < 1.29 is 29.2 Å². The summed E-state index contributed by atoms with van der Waals surface area (Å²) in [5.41, 5.74) is 1.22. The second-order valence-corrected chi connectivity index (χ2v) is 7.13. The average Bonchev–Trinajstić information content (AvgIpc) is 3.03. The molecule has 0 aromatic heterocycles. The van der Waals surface area contributed by atoms with E-state index in [4.69, 9.17) is 14.2 Å². The summed E-state index contributed by atoms with van der Waals surface area (Å²) in [6, 6.07) is 11.8. The first-order valence-electron chi connectivity index (χ1n) is 9.07. The normalized spacial score (nSPS) is 16.2. The van der Waals surface area contributed by atoms with Crippen molar-refractivity contribution in [3.63, 3.8) is 0 Å². The van der Waals surface area contributed by atoms with Crippen LogP contribution in [0.1, 0.15) is 12.5 Å². The molecule has 1 aliphatic heterocycles. The third kappa shape index (κ3) is 4.60. The number of hydrogen-bond acceptors (Lipinski definition) is 8. The Labute approximate surface area is 178 Å². The lowest BCUT2D eigenvalue weighted by atomic mass is 10.1. The Morgan fingerprint density at radius 1 is 1.10 bits per heavy atom. The van der Waals surface area contributed by atoms with Crippen LogP contribution in [0.4, 0.5) is 5.69 Å². The van der Waals surface area contributed by atoms with Crippen molar-refractivity contribution >= 4 is 34.5 Å². The first-order chi connectivity index (χ1) is 14.5. The van der Waals surface area contributed by atoms with Gasteiger partial charge in [-0.25, -0.2) is 9.79 Å². The standard InChI is InChI=1S/C22H21NO6S/c1-4-29-22(26)19-20(25)18(12-13-5-10-17(28-3)16(24)11-13)30-21(19)23-14-6-8-15(27-2)9-7-14/h5-12,24-25H,4H2,1-3H3/b18-12+,23-21?. The zero-order valence-corrected chi connectivity index (χ0v) is 17.5. The predicted molar refractivity (Wildman–Crippen MR) is 117 cm³/mol. The van der Waals surface area contributed by atoms with Crippen LogP contribution < -0.4 is 9.47 Å². The molecule has 0 amide bonds. The van der Waals surface area contributed by atoms with Crippen LogP contribution in [-0.4, -0.2) is 42.1 Å². The molecule has 1 heterocycles. The lowest BCUT2D eigenvalue weighted by Gasteiger charge is -2.04. The van der Waals surface area contributed by atoms with Gasteiger partial charge in [0.1, 0.15) is 22.1 Å². The minimum atomic E-state index is -0.657. The minimum Gasteiger partial charge on any atom is -0.506 e. The number of rotatable bonds is 6. The number of benzene rings is 2. The zero-order valence-electron chi connectivity index (χ0n) is 16.7. The summed E-state index contributed by atoms with van der Waals surface area (Å²) in [6.45, 7) is 1.86. The number of methoxy groups -OCH3 is 2. The molecular weight excluding hydrogens is 406 g/mol. The SMILES string of the molecule is CCOC(=O)C1=C(O)/C(=C\c2ccc(OC)c(O)c2)SC1=Nc1ccc(OC)cc1. The van der Waals surface area contributed by atoms with E-state index in [2.05, 4.69) is 4.99 Å². The van der Waals surface area contributed by atoms with Crippen molar-refractivity contribution in [2.45, 2.75) is 6.92 Å². The van der Waals surface area contributed by atoms with E-state index in [9.17, 15) is 15.0 Å². The van der Waals surface area contributed by atoms with Crippen LogP contribution in [0.15, 0.2) is 63.7 Å². The Morgan fingerprint density at radius 2 is 1.83 bits per heavy atom. The molecule has 2 N–H and O–H groups in total. The number of carbonyl (C=O) groups is 1. The third-order valence-electron chi connectivity index (χ3n) is 4.17. The molecule has 0 saturated carbocycles. The number of hydrogen-bond donors (Lipinski definition) is 2. The lowest BCUT2D eigenvalue weighted by molar-refractivity contribution is -0.138. The highest BCUT2D eigenvalue weighted by molar-refractivity contribution is 8.18. The van der Waals surface area contributed by atoms with E-state index in [1.165, 1.54) is 13.2 Å². The molecule has 156 valence electrons. The van der Waals surface area contributed by atoms with E-state index in [0.717, 1.165) is 11.8 Å². The van der Waals surface area contributed by atoms with Gasteiger partial charge < -0.3 is 24.4 Å². The van der Waals surface area contributed by atoms with Crippen molar-refractivity contribution in [3.05, 3.63) is 64.3 Å². The Morgan fingerprint density at radius 3 is 2.43 bits per heavy atom. The van der Waals surface area contributed by atoms with E-state index in [1.54, 1.807) is 56.5 Å². The van der Waals surface area contributed by atoms with Crippen LogP contribution in [0.5, 0.6) is 17.2 Å². The summed E-state index contributed by atoms with van der Waals surface area (Å²) in [4.78, 5) is 17.4. The molecular formula is C22H21NO6S. The molecule has 0 saturated heterocycles. The maximum absolute atomic E-state index is 12.5. The topological polar surface area (TPSA) is 97.6 Å². The van der Waals surface area contributed by atoms with Gasteiger partial charge >= 0.3 is 5.97 Å². The number of aliphatic hydroxyl groups is 1. The number of phenols is 1. The van der Waals surface area contributed by atoms with Crippen LogP contribution in [0, 0.1) is 0 Å². The van der Waals surface area contributed by atoms with Crippen LogP contribution in [0.25, 0.3) is 6.08 Å². The molecule has 0 spiro atoms. The number of esters is 1. The first kappa shape index (κ1) is 21.3. The van der Waals surface area contributed by atoms with Gasteiger partial charge in [-0.05, 0) is 55.0 Å². The number of thioether (sulfide) groups is 1. The molecule has 0 unspecified atom stereocenters. The molecule has 0 bridgehead atoms. The Kier molecular flexibility index (Phi) is 6.68. The fraction of sp³-hybridized carbons (Fsp3) is 0.182. The number of aliphatic imine (C=N–C) groups is 1. The molecule has 2 aromatic rings. The van der Waals surface area contributed by atoms with E-state index in [-0.39, 0.29) is 23.7 Å². The minimum absolute atomic E-state index is 0.00153. The summed E-state index contributed by atoms with van der Waals surface area (Å²) in [6.07, 6.45) is 1.65. The van der Waals surface area contributed by atoms with Crippen molar-refractivity contribution in [2.75, 3.05) is 20.8 Å². The number of carbonyl (C=O) groups excluding carboxylic acids is 1. The molecule has 7 nitrogen and oxygen atoms in total. The van der Waals surface area contributed by atoms with Crippen molar-refractivity contribution in [2.24, 2.45) is 4.99 Å². The third-order valence-corrected chi connectivity index (χ3v) is 5.19. The Bertz CT molecular complexity index is 1040. The molecule has 0 radical (unpaired) electrons.